The lowest BCUT2D eigenvalue weighted by molar-refractivity contribution is -0.159. The molecule has 19 heavy (non-hydrogen) atoms. The first-order valence-corrected chi connectivity index (χ1v) is 7.11. The molecule has 0 spiro atoms. The average molecular weight is 274 g/mol. The van der Waals surface area contributed by atoms with Crippen LogP contribution in [0.2, 0.25) is 0 Å². The third-order valence-electron chi connectivity index (χ3n) is 4.51. The van der Waals surface area contributed by atoms with Crippen molar-refractivity contribution in [1.29, 1.82) is 0 Å². The number of carbonyl (C=O) groups is 1. The van der Waals surface area contributed by atoms with Crippen LogP contribution in [0.1, 0.15) is 32.1 Å². The van der Waals surface area contributed by atoms with Crippen LogP contribution in [-0.2, 0) is 9.53 Å². The van der Waals surface area contributed by atoms with Gasteiger partial charge in [-0.3, -0.25) is 0 Å². The molecule has 0 radical (unpaired) electrons. The van der Waals surface area contributed by atoms with E-state index in [0.29, 0.717) is 18.6 Å². The van der Waals surface area contributed by atoms with Gasteiger partial charge in [0.1, 0.15) is 6.10 Å². The molecule has 3 aliphatic rings. The third-order valence-corrected chi connectivity index (χ3v) is 4.51. The van der Waals surface area contributed by atoms with Crippen molar-refractivity contribution < 1.29 is 18.3 Å². The number of hydrogen-bond donors (Lipinski definition) is 1. The van der Waals surface area contributed by atoms with E-state index >= 15 is 0 Å². The lowest BCUT2D eigenvalue weighted by Gasteiger charge is -2.35. The fraction of sp³-hybridized carbons (Fsp3) is 0.923. The van der Waals surface area contributed by atoms with Crippen molar-refractivity contribution in [3.05, 3.63) is 0 Å². The highest BCUT2D eigenvalue weighted by Gasteiger charge is 2.50. The predicted molar refractivity (Wildman–Crippen MR) is 65.1 cm³/mol. The van der Waals surface area contributed by atoms with Crippen molar-refractivity contribution in [2.24, 2.45) is 0 Å². The third kappa shape index (κ3) is 2.74. The molecule has 0 aromatic carbocycles. The molecule has 3 fully saturated rings. The highest BCUT2D eigenvalue weighted by atomic mass is 19.3. The lowest BCUT2D eigenvalue weighted by atomic mass is 9.97. The zero-order chi connectivity index (χ0) is 13.5. The zero-order valence-corrected chi connectivity index (χ0v) is 10.9. The van der Waals surface area contributed by atoms with E-state index < -0.39 is 24.4 Å². The Hall–Kier alpha value is -0.750. The van der Waals surface area contributed by atoms with Gasteiger partial charge in [-0.2, -0.15) is 8.78 Å². The van der Waals surface area contributed by atoms with Gasteiger partial charge in [0.05, 0.1) is 6.42 Å². The standard InChI is InChI=1S/C13H20F2N2O2/c14-13(15)7-11(19-12(13)18)8-16-9-3-5-17-4-1-2-10(17)6-9/h9-11,16H,1-8H2. The Labute approximate surface area is 111 Å². The molecular formula is C13H20F2N2O2. The predicted octanol–water partition coefficient (Wildman–Crippen LogP) is 1.15. The SMILES string of the molecule is O=C1OC(CNC2CCN3CCCC3C2)CC1(F)F. The molecule has 0 amide bonds. The van der Waals surface area contributed by atoms with Crippen molar-refractivity contribution in [3.63, 3.8) is 0 Å². The number of fused-ring (bicyclic) bond motifs is 1. The summed E-state index contributed by atoms with van der Waals surface area (Å²) in [6, 6.07) is 1.02. The van der Waals surface area contributed by atoms with Crippen LogP contribution in [0, 0.1) is 0 Å². The van der Waals surface area contributed by atoms with Crippen LogP contribution in [0.5, 0.6) is 0 Å². The number of carbonyl (C=O) groups excluding carboxylic acids is 1. The molecule has 0 aromatic heterocycles. The van der Waals surface area contributed by atoms with Gasteiger partial charge in [-0.25, -0.2) is 4.79 Å². The Kier molecular flexibility index (Phi) is 3.47. The van der Waals surface area contributed by atoms with Crippen molar-refractivity contribution in [1.82, 2.24) is 10.2 Å². The summed E-state index contributed by atoms with van der Waals surface area (Å²) >= 11 is 0. The number of esters is 1. The molecule has 0 bridgehead atoms. The largest absolute Gasteiger partial charge is 0.456 e. The first-order valence-electron chi connectivity index (χ1n) is 7.11. The molecule has 3 rings (SSSR count). The molecule has 3 heterocycles. The fourth-order valence-electron chi connectivity index (χ4n) is 3.47. The Morgan fingerprint density at radius 3 is 2.95 bits per heavy atom. The summed E-state index contributed by atoms with van der Waals surface area (Å²) < 4.78 is 30.7. The number of hydrogen-bond acceptors (Lipinski definition) is 4. The number of cyclic esters (lactones) is 1. The molecule has 0 aliphatic carbocycles. The van der Waals surface area contributed by atoms with Crippen LogP contribution in [0.15, 0.2) is 0 Å². The van der Waals surface area contributed by atoms with Crippen molar-refractivity contribution in [2.45, 2.75) is 56.2 Å². The minimum atomic E-state index is -3.29. The molecule has 3 atom stereocenters. The Morgan fingerprint density at radius 1 is 1.37 bits per heavy atom. The van der Waals surface area contributed by atoms with Gasteiger partial charge in [0, 0.05) is 18.6 Å². The number of ether oxygens (including phenoxy) is 1. The van der Waals surface area contributed by atoms with Crippen LogP contribution in [0.3, 0.4) is 0 Å². The maximum absolute atomic E-state index is 13.0. The second kappa shape index (κ2) is 4.98. The smallest absolute Gasteiger partial charge is 0.377 e. The lowest BCUT2D eigenvalue weighted by Crippen LogP contribution is -2.47. The van der Waals surface area contributed by atoms with Gasteiger partial charge in [-0.05, 0) is 38.8 Å². The molecule has 108 valence electrons. The molecule has 4 nitrogen and oxygen atoms in total. The molecule has 0 saturated carbocycles. The summed E-state index contributed by atoms with van der Waals surface area (Å²) in [6.07, 6.45) is 3.48. The van der Waals surface area contributed by atoms with E-state index in [0.717, 1.165) is 19.4 Å². The van der Waals surface area contributed by atoms with Crippen LogP contribution < -0.4 is 5.32 Å². The van der Waals surface area contributed by atoms with Crippen LogP contribution in [-0.4, -0.2) is 54.6 Å². The first kappa shape index (κ1) is 13.2. The van der Waals surface area contributed by atoms with Gasteiger partial charge >= 0.3 is 11.9 Å². The number of alkyl halides is 2. The molecular weight excluding hydrogens is 254 g/mol. The quantitative estimate of drug-likeness (QED) is 0.784. The van der Waals surface area contributed by atoms with E-state index in [4.69, 9.17) is 4.74 Å². The molecule has 1 N–H and O–H groups in total. The summed E-state index contributed by atoms with van der Waals surface area (Å²) in [7, 11) is 0. The number of piperidine rings is 1. The van der Waals surface area contributed by atoms with E-state index in [1.807, 2.05) is 0 Å². The van der Waals surface area contributed by atoms with E-state index in [1.165, 1.54) is 19.4 Å². The second-order valence-electron chi connectivity index (χ2n) is 5.90. The monoisotopic (exact) mass is 274 g/mol. The maximum Gasteiger partial charge on any atom is 0.377 e. The highest BCUT2D eigenvalue weighted by molar-refractivity contribution is 5.79. The van der Waals surface area contributed by atoms with Gasteiger partial charge in [0.25, 0.3) is 0 Å². The van der Waals surface area contributed by atoms with E-state index in [2.05, 4.69) is 10.2 Å². The Morgan fingerprint density at radius 2 is 2.21 bits per heavy atom. The van der Waals surface area contributed by atoms with Gasteiger partial charge in [-0.15, -0.1) is 0 Å². The van der Waals surface area contributed by atoms with Crippen molar-refractivity contribution in [2.75, 3.05) is 19.6 Å². The molecule has 3 unspecified atom stereocenters. The fourth-order valence-corrected chi connectivity index (χ4v) is 3.47. The summed E-state index contributed by atoms with van der Waals surface area (Å²) in [5.41, 5.74) is 0. The molecule has 6 heteroatoms. The zero-order valence-electron chi connectivity index (χ0n) is 10.9. The molecule has 3 saturated heterocycles. The summed E-state index contributed by atoms with van der Waals surface area (Å²) in [6.45, 7) is 2.63. The topological polar surface area (TPSA) is 41.6 Å². The summed E-state index contributed by atoms with van der Waals surface area (Å²) in [4.78, 5) is 13.4. The summed E-state index contributed by atoms with van der Waals surface area (Å²) in [5.74, 6) is -4.66. The van der Waals surface area contributed by atoms with Crippen molar-refractivity contribution in [3.8, 4) is 0 Å². The molecule has 3 aliphatic heterocycles. The van der Waals surface area contributed by atoms with E-state index in [1.54, 1.807) is 0 Å². The van der Waals surface area contributed by atoms with Crippen molar-refractivity contribution >= 4 is 5.97 Å². The van der Waals surface area contributed by atoms with Crippen LogP contribution in [0.4, 0.5) is 8.78 Å². The first-order chi connectivity index (χ1) is 9.04. The second-order valence-corrected chi connectivity index (χ2v) is 5.90. The van der Waals surface area contributed by atoms with Gasteiger partial charge in [0.15, 0.2) is 0 Å². The van der Waals surface area contributed by atoms with Gasteiger partial charge in [0.2, 0.25) is 0 Å². The number of nitrogens with zero attached hydrogens (tertiary/aromatic N) is 1. The van der Waals surface area contributed by atoms with Crippen LogP contribution in [0.25, 0.3) is 0 Å². The summed E-state index contributed by atoms with van der Waals surface area (Å²) in [5, 5.41) is 3.30. The van der Waals surface area contributed by atoms with Crippen LogP contribution >= 0.6 is 0 Å². The number of nitrogens with one attached hydrogen (secondary N) is 1. The number of rotatable bonds is 3. The van der Waals surface area contributed by atoms with E-state index in [-0.39, 0.29) is 0 Å². The minimum absolute atomic E-state index is 0.346. The Bertz CT molecular complexity index is 365. The minimum Gasteiger partial charge on any atom is -0.456 e. The normalized spacial score (nSPS) is 38.2. The maximum atomic E-state index is 13.0. The van der Waals surface area contributed by atoms with Gasteiger partial charge < -0.3 is 15.0 Å². The van der Waals surface area contributed by atoms with E-state index in [9.17, 15) is 13.6 Å². The Balaban J connectivity index is 1.44. The van der Waals surface area contributed by atoms with Gasteiger partial charge in [-0.1, -0.05) is 0 Å². The average Bonchev–Trinajstić information content (AvgIpc) is 2.91. The molecule has 0 aromatic rings. The number of halogens is 2. The highest BCUT2D eigenvalue weighted by Crippen LogP contribution is 2.31.